The van der Waals surface area contributed by atoms with Crippen LogP contribution < -0.4 is 10.6 Å². The number of nitrogens with one attached hydrogen (secondary N) is 2. The smallest absolute Gasteiger partial charge is 0.338 e. The Balaban J connectivity index is 1.50. The highest BCUT2D eigenvalue weighted by molar-refractivity contribution is 5.92. The van der Waals surface area contributed by atoms with Gasteiger partial charge in [0.05, 0.1) is 17.7 Å². The van der Waals surface area contributed by atoms with Crippen molar-refractivity contribution in [1.29, 1.82) is 0 Å². The van der Waals surface area contributed by atoms with E-state index in [0.29, 0.717) is 17.9 Å². The number of ether oxygens (including phenoxy) is 2. The van der Waals surface area contributed by atoms with E-state index in [9.17, 15) is 9.59 Å². The summed E-state index contributed by atoms with van der Waals surface area (Å²) >= 11 is 0. The highest BCUT2D eigenvalue weighted by atomic mass is 16.5. The minimum atomic E-state index is -0.300. The molecule has 2 fully saturated rings. The Morgan fingerprint density at radius 2 is 1.85 bits per heavy atom. The van der Waals surface area contributed by atoms with Crippen LogP contribution in [-0.2, 0) is 9.47 Å². The van der Waals surface area contributed by atoms with Crippen molar-refractivity contribution in [3.8, 4) is 0 Å². The van der Waals surface area contributed by atoms with Crippen LogP contribution in [0.4, 0.5) is 10.5 Å². The first-order chi connectivity index (χ1) is 13.0. The maximum Gasteiger partial charge on any atom is 0.338 e. The quantitative estimate of drug-likeness (QED) is 0.747. The second-order valence-corrected chi connectivity index (χ2v) is 7.31. The van der Waals surface area contributed by atoms with Gasteiger partial charge in [0.15, 0.2) is 0 Å². The van der Waals surface area contributed by atoms with Crippen LogP contribution in [-0.4, -0.2) is 61.9 Å². The van der Waals surface area contributed by atoms with Crippen LogP contribution in [0.1, 0.15) is 43.0 Å². The van der Waals surface area contributed by atoms with Gasteiger partial charge in [0.1, 0.15) is 6.10 Å². The molecule has 1 aromatic rings. The first-order valence-corrected chi connectivity index (χ1v) is 9.74. The van der Waals surface area contributed by atoms with E-state index in [1.54, 1.807) is 24.3 Å². The number of likely N-dealkylation sites (tertiary alicyclic amines) is 1. The Labute approximate surface area is 160 Å². The minimum absolute atomic E-state index is 0.00140. The molecule has 0 bridgehead atoms. The molecule has 27 heavy (non-hydrogen) atoms. The van der Waals surface area contributed by atoms with Crippen molar-refractivity contribution in [2.24, 2.45) is 0 Å². The monoisotopic (exact) mass is 375 g/mol. The summed E-state index contributed by atoms with van der Waals surface area (Å²) in [6.07, 6.45) is 4.19. The van der Waals surface area contributed by atoms with Gasteiger partial charge < -0.3 is 25.0 Å². The van der Waals surface area contributed by atoms with Gasteiger partial charge in [-0.3, -0.25) is 0 Å². The summed E-state index contributed by atoms with van der Waals surface area (Å²) in [4.78, 5) is 26.6. The van der Waals surface area contributed by atoms with Crippen molar-refractivity contribution in [2.45, 2.75) is 50.9 Å². The molecule has 148 valence electrons. The average Bonchev–Trinajstić information content (AvgIpc) is 3.25. The molecule has 1 aliphatic heterocycles. The number of esters is 1. The maximum absolute atomic E-state index is 12.3. The zero-order valence-electron chi connectivity index (χ0n) is 16.1. The molecule has 2 amide bonds. The number of amides is 2. The second-order valence-electron chi connectivity index (χ2n) is 7.31. The molecule has 7 heteroatoms. The van der Waals surface area contributed by atoms with Crippen molar-refractivity contribution >= 4 is 17.7 Å². The van der Waals surface area contributed by atoms with Crippen LogP contribution in [0.2, 0.25) is 0 Å². The standard InChI is InChI=1S/C20H29N3O4/c1-3-26-18-13-23(2)12-17(18)22-20(25)21-15-10-8-14(9-11-15)19(24)27-16-6-4-5-7-16/h8-11,16-18H,3-7,12-13H2,1-2H3,(H2,21,22,25)/t17-,18-/m1/s1. The van der Waals surface area contributed by atoms with E-state index in [1.165, 1.54) is 0 Å². The molecule has 1 aliphatic carbocycles. The summed E-state index contributed by atoms with van der Waals surface area (Å²) in [6.45, 7) is 4.13. The lowest BCUT2D eigenvalue weighted by Gasteiger charge is -2.20. The van der Waals surface area contributed by atoms with Crippen LogP contribution in [0.25, 0.3) is 0 Å². The molecule has 1 heterocycles. The van der Waals surface area contributed by atoms with Crippen molar-refractivity contribution in [2.75, 3.05) is 32.1 Å². The largest absolute Gasteiger partial charge is 0.459 e. The zero-order valence-corrected chi connectivity index (χ0v) is 16.1. The predicted molar refractivity (Wildman–Crippen MR) is 103 cm³/mol. The first-order valence-electron chi connectivity index (χ1n) is 9.74. The third-order valence-electron chi connectivity index (χ3n) is 5.10. The normalized spacial score (nSPS) is 23.3. The number of hydrogen-bond acceptors (Lipinski definition) is 5. The number of likely N-dealkylation sites (N-methyl/N-ethyl adjacent to an activating group) is 1. The van der Waals surface area contributed by atoms with E-state index in [0.717, 1.165) is 38.8 Å². The Morgan fingerprint density at radius 3 is 2.52 bits per heavy atom. The summed E-state index contributed by atoms with van der Waals surface area (Å²) in [5.74, 6) is -0.300. The van der Waals surface area contributed by atoms with Gasteiger partial charge in [0.2, 0.25) is 0 Å². The molecule has 2 aliphatic rings. The molecule has 0 unspecified atom stereocenters. The Kier molecular flexibility index (Phi) is 6.68. The molecule has 2 N–H and O–H groups in total. The van der Waals surface area contributed by atoms with Crippen LogP contribution in [0.15, 0.2) is 24.3 Å². The maximum atomic E-state index is 12.3. The SMILES string of the molecule is CCO[C@@H]1CN(C)C[C@H]1NC(=O)Nc1ccc(C(=O)OC2CCCC2)cc1. The summed E-state index contributed by atoms with van der Waals surface area (Å²) in [6, 6.07) is 6.47. The number of carbonyl (C=O) groups excluding carboxylic acids is 2. The van der Waals surface area contributed by atoms with E-state index < -0.39 is 0 Å². The number of hydrogen-bond donors (Lipinski definition) is 2. The molecule has 1 saturated heterocycles. The summed E-state index contributed by atoms with van der Waals surface area (Å²) in [7, 11) is 2.01. The van der Waals surface area contributed by atoms with E-state index in [4.69, 9.17) is 9.47 Å². The molecular formula is C20H29N3O4. The highest BCUT2D eigenvalue weighted by Gasteiger charge is 2.32. The van der Waals surface area contributed by atoms with Gasteiger partial charge in [-0.1, -0.05) is 0 Å². The lowest BCUT2D eigenvalue weighted by Crippen LogP contribution is -2.45. The second kappa shape index (κ2) is 9.19. The van der Waals surface area contributed by atoms with E-state index in [1.807, 2.05) is 14.0 Å². The molecule has 0 aromatic heterocycles. The lowest BCUT2D eigenvalue weighted by molar-refractivity contribution is 0.0318. The lowest BCUT2D eigenvalue weighted by atomic mass is 10.2. The Bertz CT molecular complexity index is 643. The van der Waals surface area contributed by atoms with Crippen LogP contribution in [0, 0.1) is 0 Å². The van der Waals surface area contributed by atoms with Crippen LogP contribution in [0.3, 0.4) is 0 Å². The number of nitrogens with zero attached hydrogens (tertiary/aromatic N) is 1. The van der Waals surface area contributed by atoms with Crippen molar-refractivity contribution in [3.63, 3.8) is 0 Å². The molecule has 7 nitrogen and oxygen atoms in total. The minimum Gasteiger partial charge on any atom is -0.459 e. The van der Waals surface area contributed by atoms with Gasteiger partial charge in [0, 0.05) is 25.4 Å². The Hall–Kier alpha value is -2.12. The number of urea groups is 1. The molecule has 1 aromatic carbocycles. The topological polar surface area (TPSA) is 79.9 Å². The predicted octanol–water partition coefficient (Wildman–Crippen LogP) is 2.63. The number of rotatable bonds is 6. The first kappa shape index (κ1) is 19.6. The molecule has 2 atom stereocenters. The third-order valence-corrected chi connectivity index (χ3v) is 5.10. The number of carbonyl (C=O) groups is 2. The van der Waals surface area contributed by atoms with Gasteiger partial charge in [-0.15, -0.1) is 0 Å². The summed E-state index contributed by atoms with van der Waals surface area (Å²) in [5, 5.41) is 5.78. The van der Waals surface area contributed by atoms with Gasteiger partial charge >= 0.3 is 12.0 Å². The summed E-state index contributed by atoms with van der Waals surface area (Å²) in [5.41, 5.74) is 1.13. The third kappa shape index (κ3) is 5.43. The zero-order chi connectivity index (χ0) is 19.2. The fourth-order valence-electron chi connectivity index (χ4n) is 3.73. The van der Waals surface area contributed by atoms with Gasteiger partial charge in [0.25, 0.3) is 0 Å². The van der Waals surface area contributed by atoms with Crippen molar-refractivity contribution in [3.05, 3.63) is 29.8 Å². The fourth-order valence-corrected chi connectivity index (χ4v) is 3.73. The van der Waals surface area contributed by atoms with E-state index in [2.05, 4.69) is 15.5 Å². The molecular weight excluding hydrogens is 346 g/mol. The van der Waals surface area contributed by atoms with Crippen molar-refractivity contribution < 1.29 is 19.1 Å². The van der Waals surface area contributed by atoms with Crippen LogP contribution in [0.5, 0.6) is 0 Å². The van der Waals surface area contributed by atoms with E-state index >= 15 is 0 Å². The average molecular weight is 375 g/mol. The van der Waals surface area contributed by atoms with Crippen molar-refractivity contribution in [1.82, 2.24) is 10.2 Å². The number of anilines is 1. The van der Waals surface area contributed by atoms with Gasteiger partial charge in [-0.2, -0.15) is 0 Å². The van der Waals surface area contributed by atoms with E-state index in [-0.39, 0.29) is 30.3 Å². The van der Waals surface area contributed by atoms with Gasteiger partial charge in [-0.05, 0) is 63.9 Å². The summed E-state index contributed by atoms with van der Waals surface area (Å²) < 4.78 is 11.2. The molecule has 1 saturated carbocycles. The fraction of sp³-hybridized carbons (Fsp3) is 0.600. The highest BCUT2D eigenvalue weighted by Crippen LogP contribution is 2.22. The van der Waals surface area contributed by atoms with Gasteiger partial charge in [-0.25, -0.2) is 9.59 Å². The molecule has 3 rings (SSSR count). The molecule has 0 spiro atoms. The number of benzene rings is 1. The van der Waals surface area contributed by atoms with Crippen LogP contribution >= 0.6 is 0 Å². The molecule has 0 radical (unpaired) electrons. The Morgan fingerprint density at radius 1 is 1.15 bits per heavy atom.